The Morgan fingerprint density at radius 1 is 1.09 bits per heavy atom. The number of ether oxygens (including phenoxy) is 1. The first-order valence-electron chi connectivity index (χ1n) is 6.23. The number of carbonyl (C=O) groups excluding carboxylic acids is 2. The normalized spacial score (nSPS) is 10.1. The molecule has 0 atom stereocenters. The molecule has 0 aromatic heterocycles. The molecule has 0 heterocycles. The van der Waals surface area contributed by atoms with Gasteiger partial charge in [0.25, 0.3) is 11.8 Å². The van der Waals surface area contributed by atoms with E-state index < -0.39 is 23.4 Å². The third-order valence-electron chi connectivity index (χ3n) is 2.67. The second-order valence-electron chi connectivity index (χ2n) is 4.36. The highest BCUT2D eigenvalue weighted by atomic mass is 19.1. The molecule has 0 bridgehead atoms. The van der Waals surface area contributed by atoms with Gasteiger partial charge in [0.15, 0.2) is 6.61 Å². The molecule has 2 aromatic carbocycles. The molecule has 0 radical (unpaired) electrons. The molecule has 114 valence electrons. The summed E-state index contributed by atoms with van der Waals surface area (Å²) in [5.74, 6) is -2.62. The first kappa shape index (κ1) is 15.4. The number of carbonyl (C=O) groups is 2. The lowest BCUT2D eigenvalue weighted by Gasteiger charge is -2.08. The van der Waals surface area contributed by atoms with Crippen molar-refractivity contribution in [3.05, 3.63) is 59.7 Å². The van der Waals surface area contributed by atoms with Crippen molar-refractivity contribution in [2.75, 3.05) is 11.9 Å². The van der Waals surface area contributed by atoms with Crippen LogP contribution in [0.1, 0.15) is 10.4 Å². The third kappa shape index (κ3) is 4.02. The van der Waals surface area contributed by atoms with Gasteiger partial charge in [0.2, 0.25) is 0 Å². The van der Waals surface area contributed by atoms with E-state index in [4.69, 9.17) is 10.5 Å². The van der Waals surface area contributed by atoms with Crippen LogP contribution in [0.4, 0.5) is 14.5 Å². The van der Waals surface area contributed by atoms with Crippen molar-refractivity contribution in [3.63, 3.8) is 0 Å². The van der Waals surface area contributed by atoms with E-state index in [1.807, 2.05) is 0 Å². The number of anilines is 1. The maximum Gasteiger partial charge on any atom is 0.258 e. The third-order valence-corrected chi connectivity index (χ3v) is 2.67. The van der Waals surface area contributed by atoms with Crippen LogP contribution in [-0.2, 0) is 4.79 Å². The van der Waals surface area contributed by atoms with Crippen molar-refractivity contribution >= 4 is 17.5 Å². The summed E-state index contributed by atoms with van der Waals surface area (Å²) in [5.41, 5.74) is 5.06. The van der Waals surface area contributed by atoms with E-state index in [1.54, 1.807) is 0 Å². The Hall–Kier alpha value is -2.96. The van der Waals surface area contributed by atoms with Gasteiger partial charge >= 0.3 is 0 Å². The van der Waals surface area contributed by atoms with Crippen LogP contribution >= 0.6 is 0 Å². The first-order chi connectivity index (χ1) is 10.5. The summed E-state index contributed by atoms with van der Waals surface area (Å²) in [6, 6.07) is 8.74. The average molecular weight is 306 g/mol. The van der Waals surface area contributed by atoms with Gasteiger partial charge in [-0.15, -0.1) is 0 Å². The SMILES string of the molecule is NC(=O)COc1ccc(NC(=O)c2ccc(F)cc2F)cc1. The Labute approximate surface area is 124 Å². The van der Waals surface area contributed by atoms with E-state index >= 15 is 0 Å². The summed E-state index contributed by atoms with van der Waals surface area (Å²) in [4.78, 5) is 22.5. The number of rotatable bonds is 5. The van der Waals surface area contributed by atoms with E-state index in [-0.39, 0.29) is 12.2 Å². The molecule has 0 aliphatic heterocycles. The fraction of sp³-hybridized carbons (Fsp3) is 0.0667. The number of hydrogen-bond acceptors (Lipinski definition) is 3. The lowest BCUT2D eigenvalue weighted by molar-refractivity contribution is -0.119. The second kappa shape index (κ2) is 6.66. The summed E-state index contributed by atoms with van der Waals surface area (Å²) in [6.45, 7) is -0.257. The average Bonchev–Trinajstić information content (AvgIpc) is 2.46. The largest absolute Gasteiger partial charge is 0.484 e. The molecule has 0 unspecified atom stereocenters. The van der Waals surface area contributed by atoms with Crippen molar-refractivity contribution in [1.29, 1.82) is 0 Å². The predicted octanol–water partition coefficient (Wildman–Crippen LogP) is 2.08. The van der Waals surface area contributed by atoms with E-state index in [0.717, 1.165) is 12.1 Å². The van der Waals surface area contributed by atoms with Gasteiger partial charge < -0.3 is 15.8 Å². The van der Waals surface area contributed by atoms with Crippen LogP contribution in [-0.4, -0.2) is 18.4 Å². The molecule has 2 rings (SSSR count). The zero-order chi connectivity index (χ0) is 16.1. The maximum atomic E-state index is 13.5. The van der Waals surface area contributed by atoms with Gasteiger partial charge in [-0.1, -0.05) is 0 Å². The van der Waals surface area contributed by atoms with Gasteiger partial charge in [-0.05, 0) is 36.4 Å². The van der Waals surface area contributed by atoms with Crippen molar-refractivity contribution < 1.29 is 23.1 Å². The monoisotopic (exact) mass is 306 g/mol. The molecule has 2 amide bonds. The zero-order valence-electron chi connectivity index (χ0n) is 11.3. The Balaban J connectivity index is 2.04. The van der Waals surface area contributed by atoms with Crippen molar-refractivity contribution in [2.45, 2.75) is 0 Å². The van der Waals surface area contributed by atoms with Crippen molar-refractivity contribution in [1.82, 2.24) is 0 Å². The quantitative estimate of drug-likeness (QED) is 0.887. The number of nitrogens with two attached hydrogens (primary N) is 1. The Morgan fingerprint density at radius 2 is 1.77 bits per heavy atom. The highest BCUT2D eigenvalue weighted by molar-refractivity contribution is 6.04. The number of nitrogens with one attached hydrogen (secondary N) is 1. The van der Waals surface area contributed by atoms with Crippen molar-refractivity contribution in [3.8, 4) is 5.75 Å². The highest BCUT2D eigenvalue weighted by Gasteiger charge is 2.12. The molecule has 22 heavy (non-hydrogen) atoms. The minimum absolute atomic E-state index is 0.257. The number of hydrogen-bond donors (Lipinski definition) is 2. The zero-order valence-corrected chi connectivity index (χ0v) is 11.3. The standard InChI is InChI=1S/C15H12F2N2O3/c16-9-1-6-12(13(17)7-9)15(21)19-10-2-4-11(5-3-10)22-8-14(18)20/h1-7H,8H2,(H2,18,20)(H,19,21). The molecule has 0 saturated heterocycles. The number of benzene rings is 2. The first-order valence-corrected chi connectivity index (χ1v) is 6.23. The fourth-order valence-corrected chi connectivity index (χ4v) is 1.66. The van der Waals surface area contributed by atoms with Crippen LogP contribution in [0.25, 0.3) is 0 Å². The lowest BCUT2D eigenvalue weighted by atomic mass is 10.2. The molecule has 2 aromatic rings. The van der Waals surface area contributed by atoms with Gasteiger partial charge in [0.05, 0.1) is 5.56 Å². The molecule has 0 saturated carbocycles. The van der Waals surface area contributed by atoms with Crippen LogP contribution in [0.15, 0.2) is 42.5 Å². The van der Waals surface area contributed by atoms with E-state index in [9.17, 15) is 18.4 Å². The highest BCUT2D eigenvalue weighted by Crippen LogP contribution is 2.17. The van der Waals surface area contributed by atoms with Gasteiger partial charge in [-0.25, -0.2) is 8.78 Å². The van der Waals surface area contributed by atoms with Crippen LogP contribution in [0, 0.1) is 11.6 Å². The van der Waals surface area contributed by atoms with Gasteiger partial charge in [0, 0.05) is 11.8 Å². The van der Waals surface area contributed by atoms with E-state index in [1.165, 1.54) is 24.3 Å². The topological polar surface area (TPSA) is 81.4 Å². The molecular weight excluding hydrogens is 294 g/mol. The predicted molar refractivity (Wildman–Crippen MR) is 75.4 cm³/mol. The van der Waals surface area contributed by atoms with Crippen LogP contribution in [0.5, 0.6) is 5.75 Å². The summed E-state index contributed by atoms with van der Waals surface area (Å²) < 4.78 is 31.3. The Morgan fingerprint density at radius 3 is 2.36 bits per heavy atom. The summed E-state index contributed by atoms with van der Waals surface area (Å²) in [5, 5.41) is 2.46. The summed E-state index contributed by atoms with van der Waals surface area (Å²) >= 11 is 0. The smallest absolute Gasteiger partial charge is 0.258 e. The van der Waals surface area contributed by atoms with Crippen LogP contribution in [0.3, 0.4) is 0 Å². The Kier molecular flexibility index (Phi) is 4.67. The molecule has 0 aliphatic carbocycles. The van der Waals surface area contributed by atoms with E-state index in [0.29, 0.717) is 17.5 Å². The lowest BCUT2D eigenvalue weighted by Crippen LogP contribution is -2.20. The number of halogens is 2. The fourth-order valence-electron chi connectivity index (χ4n) is 1.66. The summed E-state index contributed by atoms with van der Waals surface area (Å²) in [6.07, 6.45) is 0. The van der Waals surface area contributed by atoms with Gasteiger partial charge in [-0.2, -0.15) is 0 Å². The van der Waals surface area contributed by atoms with Crippen molar-refractivity contribution in [2.24, 2.45) is 5.73 Å². The summed E-state index contributed by atoms with van der Waals surface area (Å²) in [7, 11) is 0. The molecule has 3 N–H and O–H groups in total. The number of primary amides is 1. The second-order valence-corrected chi connectivity index (χ2v) is 4.36. The minimum Gasteiger partial charge on any atom is -0.484 e. The molecule has 0 aliphatic rings. The molecule has 5 nitrogen and oxygen atoms in total. The molecule has 0 spiro atoms. The van der Waals surface area contributed by atoms with Crippen LogP contribution in [0.2, 0.25) is 0 Å². The van der Waals surface area contributed by atoms with Gasteiger partial charge in [0.1, 0.15) is 17.4 Å². The van der Waals surface area contributed by atoms with Gasteiger partial charge in [-0.3, -0.25) is 9.59 Å². The van der Waals surface area contributed by atoms with E-state index in [2.05, 4.69) is 5.32 Å². The maximum absolute atomic E-state index is 13.5. The number of amides is 2. The molecule has 7 heteroatoms. The van der Waals surface area contributed by atoms with Crippen LogP contribution < -0.4 is 15.8 Å². The minimum atomic E-state index is -0.945. The molecule has 0 fully saturated rings. The molecular formula is C15H12F2N2O3. The Bertz CT molecular complexity index is 702.